The van der Waals surface area contributed by atoms with Gasteiger partial charge in [-0.15, -0.1) is 0 Å². The highest BCUT2D eigenvalue weighted by Crippen LogP contribution is 2.16. The summed E-state index contributed by atoms with van der Waals surface area (Å²) in [7, 11) is 1.34. The highest BCUT2D eigenvalue weighted by molar-refractivity contribution is 5.94. The van der Waals surface area contributed by atoms with E-state index in [9.17, 15) is 18.4 Å². The van der Waals surface area contributed by atoms with Gasteiger partial charge in [0.25, 0.3) is 5.91 Å². The third kappa shape index (κ3) is 4.37. The van der Waals surface area contributed by atoms with Gasteiger partial charge in [-0.2, -0.15) is 4.39 Å². The largest absolute Gasteiger partial charge is 0.455 e. The number of rotatable bonds is 4. The number of hydrogen-bond donors (Lipinski definition) is 1. The Morgan fingerprint density at radius 3 is 2.56 bits per heavy atom. The van der Waals surface area contributed by atoms with Crippen molar-refractivity contribution in [3.63, 3.8) is 0 Å². The number of carbonyl (C=O) groups is 2. The number of esters is 1. The van der Waals surface area contributed by atoms with E-state index < -0.39 is 34.8 Å². The van der Waals surface area contributed by atoms with Crippen molar-refractivity contribution in [2.75, 3.05) is 7.05 Å². The van der Waals surface area contributed by atoms with Crippen LogP contribution in [0.15, 0.2) is 18.6 Å². The standard InChI is InChI=1S/C16H18F2N4O3/c1-16(2,3)25-15(24)12-10(20-8-21-12)7-22(4)14(23)11-9(17)5-6-19-13(11)18/h5-6,8H,7H2,1-4H3,(H,20,21). The topological polar surface area (TPSA) is 88.2 Å². The molecule has 7 nitrogen and oxygen atoms in total. The van der Waals surface area contributed by atoms with Crippen LogP contribution in [0.3, 0.4) is 0 Å². The van der Waals surface area contributed by atoms with Gasteiger partial charge >= 0.3 is 5.97 Å². The molecule has 134 valence electrons. The summed E-state index contributed by atoms with van der Waals surface area (Å²) in [5.41, 5.74) is -1.18. The fourth-order valence-corrected chi connectivity index (χ4v) is 2.05. The third-order valence-corrected chi connectivity index (χ3v) is 3.12. The van der Waals surface area contributed by atoms with Gasteiger partial charge in [0.1, 0.15) is 17.0 Å². The van der Waals surface area contributed by atoms with Crippen LogP contribution in [0, 0.1) is 11.8 Å². The molecule has 0 aliphatic heterocycles. The lowest BCUT2D eigenvalue weighted by molar-refractivity contribution is 0.00608. The molecule has 2 rings (SSSR count). The van der Waals surface area contributed by atoms with E-state index >= 15 is 0 Å². The second-order valence-corrected chi connectivity index (χ2v) is 6.35. The van der Waals surface area contributed by atoms with Gasteiger partial charge in [-0.1, -0.05) is 0 Å². The van der Waals surface area contributed by atoms with Gasteiger partial charge in [-0.3, -0.25) is 4.79 Å². The number of imidazole rings is 1. The van der Waals surface area contributed by atoms with Gasteiger partial charge in [0.05, 0.1) is 18.6 Å². The van der Waals surface area contributed by atoms with Crippen LogP contribution < -0.4 is 0 Å². The lowest BCUT2D eigenvalue weighted by atomic mass is 10.2. The average molecular weight is 352 g/mol. The first-order valence-corrected chi connectivity index (χ1v) is 7.41. The van der Waals surface area contributed by atoms with Gasteiger partial charge in [0.2, 0.25) is 5.95 Å². The summed E-state index contributed by atoms with van der Waals surface area (Å²) in [4.78, 5) is 35.4. The Morgan fingerprint density at radius 1 is 1.28 bits per heavy atom. The third-order valence-electron chi connectivity index (χ3n) is 3.12. The number of nitrogens with one attached hydrogen (secondary N) is 1. The molecule has 0 atom stereocenters. The molecule has 2 aromatic rings. The SMILES string of the molecule is CN(Cc1[nH]cnc1C(=O)OC(C)(C)C)C(=O)c1c(F)ccnc1F. The van der Waals surface area contributed by atoms with E-state index in [-0.39, 0.29) is 17.9 Å². The van der Waals surface area contributed by atoms with Crippen molar-refractivity contribution in [3.05, 3.63) is 47.3 Å². The fourth-order valence-electron chi connectivity index (χ4n) is 2.05. The van der Waals surface area contributed by atoms with E-state index in [1.165, 1.54) is 13.4 Å². The summed E-state index contributed by atoms with van der Waals surface area (Å²) >= 11 is 0. The molecule has 0 bridgehead atoms. The number of pyridine rings is 1. The summed E-state index contributed by atoms with van der Waals surface area (Å²) in [5, 5.41) is 0. The van der Waals surface area contributed by atoms with Crippen molar-refractivity contribution in [2.24, 2.45) is 0 Å². The molecular weight excluding hydrogens is 334 g/mol. The highest BCUT2D eigenvalue weighted by Gasteiger charge is 2.26. The van der Waals surface area contributed by atoms with E-state index in [0.717, 1.165) is 17.2 Å². The Labute approximate surface area is 143 Å². The quantitative estimate of drug-likeness (QED) is 0.674. The molecule has 0 spiro atoms. The minimum atomic E-state index is -1.20. The van der Waals surface area contributed by atoms with Crippen molar-refractivity contribution >= 4 is 11.9 Å². The fraction of sp³-hybridized carbons (Fsp3) is 0.375. The van der Waals surface area contributed by atoms with Crippen molar-refractivity contribution in [1.82, 2.24) is 19.9 Å². The normalized spacial score (nSPS) is 11.3. The summed E-state index contributed by atoms with van der Waals surface area (Å²) in [6.07, 6.45) is 2.20. The number of nitrogens with zero attached hydrogens (tertiary/aromatic N) is 3. The van der Waals surface area contributed by atoms with E-state index in [2.05, 4.69) is 15.0 Å². The van der Waals surface area contributed by atoms with Gasteiger partial charge in [-0.25, -0.2) is 19.2 Å². The molecule has 1 amide bonds. The number of carbonyl (C=O) groups excluding carboxylic acids is 2. The minimum absolute atomic E-state index is 0.00158. The Morgan fingerprint density at radius 2 is 1.96 bits per heavy atom. The smallest absolute Gasteiger partial charge is 0.359 e. The first-order valence-electron chi connectivity index (χ1n) is 7.41. The monoisotopic (exact) mass is 352 g/mol. The van der Waals surface area contributed by atoms with E-state index in [4.69, 9.17) is 4.74 Å². The summed E-state index contributed by atoms with van der Waals surface area (Å²) in [6, 6.07) is 0.895. The number of H-pyrrole nitrogens is 1. The van der Waals surface area contributed by atoms with E-state index in [0.29, 0.717) is 0 Å². The zero-order valence-electron chi connectivity index (χ0n) is 14.3. The maximum Gasteiger partial charge on any atom is 0.359 e. The molecule has 25 heavy (non-hydrogen) atoms. The maximum absolute atomic E-state index is 13.7. The van der Waals surface area contributed by atoms with Crippen molar-refractivity contribution in [2.45, 2.75) is 32.9 Å². The van der Waals surface area contributed by atoms with Crippen LogP contribution in [0.2, 0.25) is 0 Å². The second kappa shape index (κ2) is 6.96. The zero-order chi connectivity index (χ0) is 18.8. The molecule has 0 aliphatic rings. The molecule has 0 aromatic carbocycles. The number of halogens is 2. The van der Waals surface area contributed by atoms with Crippen molar-refractivity contribution < 1.29 is 23.1 Å². The molecule has 0 saturated carbocycles. The Hall–Kier alpha value is -2.84. The van der Waals surface area contributed by atoms with E-state index in [1.54, 1.807) is 20.8 Å². The first kappa shape index (κ1) is 18.5. The summed E-state index contributed by atoms with van der Waals surface area (Å²) in [6.45, 7) is 5.00. The number of ether oxygens (including phenoxy) is 1. The van der Waals surface area contributed by atoms with Crippen LogP contribution >= 0.6 is 0 Å². The Bertz CT molecular complexity index is 779. The molecule has 0 aliphatic carbocycles. The first-order chi connectivity index (χ1) is 11.6. The number of amides is 1. The van der Waals surface area contributed by atoms with Crippen molar-refractivity contribution in [1.29, 1.82) is 0 Å². The number of hydrogen-bond acceptors (Lipinski definition) is 5. The van der Waals surface area contributed by atoms with Crippen LogP contribution in [0.1, 0.15) is 47.3 Å². The predicted octanol–water partition coefficient (Wildman–Crippen LogP) is 2.31. The second-order valence-electron chi connectivity index (χ2n) is 6.35. The molecule has 0 unspecified atom stereocenters. The highest BCUT2D eigenvalue weighted by atomic mass is 19.1. The Kier molecular flexibility index (Phi) is 5.15. The summed E-state index contributed by atoms with van der Waals surface area (Å²) < 4.78 is 32.6. The van der Waals surface area contributed by atoms with Gasteiger partial charge in [0, 0.05) is 13.2 Å². The number of aromatic nitrogens is 3. The molecular formula is C16H18F2N4O3. The van der Waals surface area contributed by atoms with Gasteiger partial charge in [0.15, 0.2) is 5.69 Å². The minimum Gasteiger partial charge on any atom is -0.455 e. The predicted molar refractivity (Wildman–Crippen MR) is 83.7 cm³/mol. The molecule has 1 N–H and O–H groups in total. The molecule has 0 fully saturated rings. The van der Waals surface area contributed by atoms with Crippen LogP contribution in [0.25, 0.3) is 0 Å². The lowest BCUT2D eigenvalue weighted by Crippen LogP contribution is -2.30. The molecule has 0 saturated heterocycles. The molecule has 2 heterocycles. The maximum atomic E-state index is 13.7. The molecule has 9 heteroatoms. The van der Waals surface area contributed by atoms with Crippen LogP contribution in [0.5, 0.6) is 0 Å². The Balaban J connectivity index is 2.19. The lowest BCUT2D eigenvalue weighted by Gasteiger charge is -2.20. The zero-order valence-corrected chi connectivity index (χ0v) is 14.3. The number of aromatic amines is 1. The van der Waals surface area contributed by atoms with Crippen LogP contribution in [-0.4, -0.2) is 44.4 Å². The van der Waals surface area contributed by atoms with Crippen LogP contribution in [-0.2, 0) is 11.3 Å². The van der Waals surface area contributed by atoms with E-state index in [1.807, 2.05) is 0 Å². The van der Waals surface area contributed by atoms with Gasteiger partial charge < -0.3 is 14.6 Å². The van der Waals surface area contributed by atoms with Crippen LogP contribution in [0.4, 0.5) is 8.78 Å². The summed E-state index contributed by atoms with van der Waals surface area (Å²) in [5.74, 6) is -3.79. The van der Waals surface area contributed by atoms with Crippen molar-refractivity contribution in [3.8, 4) is 0 Å². The average Bonchev–Trinajstić information content (AvgIpc) is 2.93. The molecule has 0 radical (unpaired) electrons. The van der Waals surface area contributed by atoms with Gasteiger partial charge in [-0.05, 0) is 26.8 Å². The molecule has 2 aromatic heterocycles.